The number of rotatable bonds is 22. The van der Waals surface area contributed by atoms with E-state index in [9.17, 15) is 47.9 Å². The van der Waals surface area contributed by atoms with Gasteiger partial charge in [-0.15, -0.1) is 29.1 Å². The van der Waals surface area contributed by atoms with E-state index in [2.05, 4.69) is 54.2 Å². The minimum absolute atomic E-state index is 0.0895. The van der Waals surface area contributed by atoms with Crippen LogP contribution in [-0.4, -0.2) is 77.9 Å². The zero-order valence-electron chi connectivity index (χ0n) is 35.4. The number of aromatic hydroxyl groups is 1. The first kappa shape index (κ1) is 53.9. The Labute approximate surface area is 409 Å². The molecule has 6 rings (SSSR count). The summed E-state index contributed by atoms with van der Waals surface area (Å²) < 4.78 is 143. The molecule has 0 saturated carbocycles. The van der Waals surface area contributed by atoms with Gasteiger partial charge in [0.05, 0.1) is 63.8 Å². The van der Waals surface area contributed by atoms with Crippen molar-refractivity contribution < 1.29 is 86.1 Å². The number of nitrogens with zero attached hydrogens (tertiary/aromatic N) is 6. The van der Waals surface area contributed by atoms with E-state index in [-0.39, 0.29) is 50.9 Å². The van der Waals surface area contributed by atoms with E-state index in [0.29, 0.717) is 28.9 Å². The zero-order valence-corrected chi connectivity index (χ0v) is 40.3. The minimum atomic E-state index is -5.27. The van der Waals surface area contributed by atoms with E-state index < -0.39 is 101 Å². The summed E-state index contributed by atoms with van der Waals surface area (Å²) in [6.07, 6.45) is 0. The van der Waals surface area contributed by atoms with Crippen molar-refractivity contribution in [1.82, 2.24) is 0 Å². The number of phenolic OH excluding ortho intramolecular Hbond substituents is 1. The third-order valence-corrected chi connectivity index (χ3v) is 15.0. The molecule has 6 aromatic rings. The number of azo groups is 3. The molecule has 0 heterocycles. The van der Waals surface area contributed by atoms with Crippen LogP contribution in [0.25, 0.3) is 10.8 Å². The first-order valence-corrected chi connectivity index (χ1v) is 26.3. The standard InChI is InChI=1S/C37H33N9O19S6/c1-60-30-16-20(38)2-12-27(30)42-40-21-3-5-23(6-4-21)46-69(52,53)24-9-7-22(8-10-24)41-45-36-33(71(57,58)59)18-26-31(66-64-62-48)19-29(35(39)34(26)37(36)47)44-43-28-13-11-25(17-32(28)70(54,55)56)68(50,51)15-14-61-67-65-63-49/h2-13,16-19,46-49H,14-15,38-39H2,1H3,(H,54,55,56)(H,57,58,59)/b42-40+,44-43+,45-41+. The van der Waals surface area contributed by atoms with Crippen molar-refractivity contribution in [2.75, 3.05) is 35.7 Å². The zero-order chi connectivity index (χ0) is 51.7. The number of nitrogens with two attached hydrogens (primary N) is 2. The molecule has 0 saturated heterocycles. The predicted octanol–water partition coefficient (Wildman–Crippen LogP) is 8.46. The van der Waals surface area contributed by atoms with E-state index in [1.807, 2.05) is 0 Å². The third-order valence-electron chi connectivity index (χ3n) is 9.13. The van der Waals surface area contributed by atoms with Gasteiger partial charge >= 0.3 is 0 Å². The summed E-state index contributed by atoms with van der Waals surface area (Å²) in [4.78, 5) is -3.20. The highest BCUT2D eigenvalue weighted by molar-refractivity contribution is 7.95. The van der Waals surface area contributed by atoms with Crippen LogP contribution in [-0.2, 0) is 63.0 Å². The Kier molecular flexibility index (Phi) is 17.2. The van der Waals surface area contributed by atoms with Gasteiger partial charge in [0.2, 0.25) is 0 Å². The van der Waals surface area contributed by atoms with Crippen LogP contribution in [0, 0.1) is 0 Å². The van der Waals surface area contributed by atoms with Crippen LogP contribution in [0.2, 0.25) is 0 Å². The molecule has 0 fully saturated rings. The van der Waals surface area contributed by atoms with Crippen molar-refractivity contribution in [2.45, 2.75) is 24.5 Å². The average Bonchev–Trinajstić information content (AvgIpc) is 3.32. The molecule has 34 heteroatoms. The van der Waals surface area contributed by atoms with Gasteiger partial charge in [-0.3, -0.25) is 18.0 Å². The van der Waals surface area contributed by atoms with Gasteiger partial charge in [-0.1, -0.05) is 10.1 Å². The van der Waals surface area contributed by atoms with Gasteiger partial charge in [0.25, 0.3) is 30.3 Å². The summed E-state index contributed by atoms with van der Waals surface area (Å²) in [6.45, 7) is -0.538. The number of ether oxygens (including phenoxy) is 1. The molecular weight excluding hydrogens is 1070 g/mol. The smallest absolute Gasteiger partial charge is 0.296 e. The van der Waals surface area contributed by atoms with Gasteiger partial charge in [-0.25, -0.2) is 27.4 Å². The normalized spacial score (nSPS) is 12.7. The van der Waals surface area contributed by atoms with Crippen molar-refractivity contribution >= 4 is 126 Å². The molecule has 0 spiro atoms. The van der Waals surface area contributed by atoms with Crippen LogP contribution in [0.15, 0.2) is 152 Å². The highest BCUT2D eigenvalue weighted by Crippen LogP contribution is 2.49. The molecule has 0 bridgehead atoms. The number of hydrogen-bond acceptors (Lipinski definition) is 27. The fourth-order valence-corrected chi connectivity index (χ4v) is 10.3. The van der Waals surface area contributed by atoms with E-state index in [1.165, 1.54) is 43.5 Å². The van der Waals surface area contributed by atoms with Gasteiger partial charge in [-0.05, 0) is 91.0 Å². The lowest BCUT2D eigenvalue weighted by molar-refractivity contribution is -0.434. The quantitative estimate of drug-likeness (QED) is 0.00600. The van der Waals surface area contributed by atoms with Crippen molar-refractivity contribution in [2.24, 2.45) is 30.7 Å². The molecule has 28 nitrogen and oxygen atoms in total. The van der Waals surface area contributed by atoms with Crippen molar-refractivity contribution in [3.8, 4) is 11.5 Å². The van der Waals surface area contributed by atoms with E-state index >= 15 is 0 Å². The molecule has 0 atom stereocenters. The van der Waals surface area contributed by atoms with Crippen LogP contribution in [0.1, 0.15) is 0 Å². The fourth-order valence-electron chi connectivity index (χ4n) is 5.92. The van der Waals surface area contributed by atoms with Gasteiger partial charge in [-0.2, -0.15) is 27.1 Å². The van der Waals surface area contributed by atoms with Crippen LogP contribution in [0.4, 0.5) is 51.2 Å². The summed E-state index contributed by atoms with van der Waals surface area (Å²) in [5.74, 6) is -1.41. The lowest BCUT2D eigenvalue weighted by atomic mass is 10.0. The molecule has 0 aromatic heterocycles. The van der Waals surface area contributed by atoms with Gasteiger partial charge < -0.3 is 21.3 Å². The summed E-state index contributed by atoms with van der Waals surface area (Å²) in [5.41, 5.74) is 10.9. The molecule has 0 amide bonds. The largest absolute Gasteiger partial charge is 0.505 e. The molecule has 6 aromatic carbocycles. The third kappa shape index (κ3) is 13.5. The molecule has 376 valence electrons. The Bertz CT molecular complexity index is 3520. The maximum Gasteiger partial charge on any atom is 0.296 e. The van der Waals surface area contributed by atoms with Crippen LogP contribution >= 0.6 is 24.4 Å². The SMILES string of the molecule is COc1cc(N)ccc1/N=N/c1ccc(NS(=O)(=O)c2ccc(/N=N/c3c(S(=O)(=O)O)cc4c(SOOO)cc(/N=N/c5ccc(S(=O)(=O)CCOSOOO)cc5S(=O)(=O)O)c(N)c4c3O)cc2)cc1. The van der Waals surface area contributed by atoms with Gasteiger partial charge in [0, 0.05) is 27.7 Å². The Morgan fingerprint density at radius 2 is 1.24 bits per heavy atom. The second-order valence-corrected chi connectivity index (χ2v) is 21.5. The molecule has 0 aliphatic rings. The maximum absolute atomic E-state index is 13.3. The number of nitrogens with one attached hydrogen (secondary N) is 1. The number of methoxy groups -OCH3 is 1. The molecule has 0 aliphatic carbocycles. The number of sulfone groups is 1. The second kappa shape index (κ2) is 22.7. The Morgan fingerprint density at radius 1 is 0.648 bits per heavy atom. The topological polar surface area (TPSA) is 431 Å². The number of fused-ring (bicyclic) bond motifs is 1. The Balaban J connectivity index is 1.30. The summed E-state index contributed by atoms with van der Waals surface area (Å²) in [7, 11) is -17.5. The lowest BCUT2D eigenvalue weighted by Gasteiger charge is -2.14. The number of phenols is 1. The highest BCUT2D eigenvalue weighted by Gasteiger charge is 2.27. The molecule has 10 N–H and O–H groups in total. The second-order valence-electron chi connectivity index (χ2n) is 13.6. The molecular formula is C37H33N9O19S6. The van der Waals surface area contributed by atoms with Crippen molar-refractivity contribution in [3.05, 3.63) is 97.1 Å². The Morgan fingerprint density at radius 3 is 1.87 bits per heavy atom. The van der Waals surface area contributed by atoms with Crippen molar-refractivity contribution in [1.29, 1.82) is 0 Å². The number of hydrogen-bond donors (Lipinski definition) is 8. The van der Waals surface area contributed by atoms with Gasteiger partial charge in [0.15, 0.2) is 27.9 Å². The number of benzene rings is 6. The number of nitrogen functional groups attached to an aromatic ring is 2. The predicted molar refractivity (Wildman–Crippen MR) is 251 cm³/mol. The fraction of sp³-hybridized carbons (Fsp3) is 0.0811. The maximum atomic E-state index is 13.3. The Hall–Kier alpha value is -6.48. The first-order chi connectivity index (χ1) is 33.6. The van der Waals surface area contributed by atoms with E-state index in [0.717, 1.165) is 36.4 Å². The van der Waals surface area contributed by atoms with Crippen LogP contribution < -0.4 is 20.9 Å². The van der Waals surface area contributed by atoms with E-state index in [1.54, 1.807) is 18.2 Å². The first-order valence-electron chi connectivity index (χ1n) is 18.8. The van der Waals surface area contributed by atoms with Crippen molar-refractivity contribution in [3.63, 3.8) is 0 Å². The number of sulfonamides is 1. The van der Waals surface area contributed by atoms with Gasteiger partial charge in [0.1, 0.15) is 38.3 Å². The summed E-state index contributed by atoms with van der Waals surface area (Å²) in [5, 5.41) is 58.4. The molecule has 0 aliphatic heterocycles. The average molecular weight is 1100 g/mol. The number of anilines is 3. The monoisotopic (exact) mass is 1100 g/mol. The molecule has 71 heavy (non-hydrogen) atoms. The highest BCUT2D eigenvalue weighted by atomic mass is 32.2. The summed E-state index contributed by atoms with van der Waals surface area (Å²) >= 11 is 0.276. The summed E-state index contributed by atoms with van der Waals surface area (Å²) in [6, 6.07) is 19.5. The molecule has 0 radical (unpaired) electrons. The molecule has 0 unspecified atom stereocenters. The lowest BCUT2D eigenvalue weighted by Crippen LogP contribution is -2.12. The van der Waals surface area contributed by atoms with Crippen LogP contribution in [0.3, 0.4) is 0 Å². The van der Waals surface area contributed by atoms with Crippen LogP contribution in [0.5, 0.6) is 11.5 Å². The minimum Gasteiger partial charge on any atom is -0.505 e. The van der Waals surface area contributed by atoms with E-state index in [4.69, 9.17) is 30.9 Å².